The Bertz CT molecular complexity index is 284. The molecule has 1 aromatic heterocycles. The lowest BCUT2D eigenvalue weighted by Gasteiger charge is -1.97. The summed E-state index contributed by atoms with van der Waals surface area (Å²) in [6.45, 7) is 0. The Morgan fingerprint density at radius 1 is 1.82 bits per heavy atom. The van der Waals surface area contributed by atoms with Crippen LogP contribution in [0.15, 0.2) is 11.2 Å². The fourth-order valence-electron chi connectivity index (χ4n) is 0.941. The molecule has 0 amide bonds. The van der Waals surface area contributed by atoms with Gasteiger partial charge < -0.3 is 0 Å². The summed E-state index contributed by atoms with van der Waals surface area (Å²) in [5, 5.41) is 13.6. The normalized spacial score (nSPS) is 9.55. The lowest BCUT2D eigenvalue weighted by atomic mass is 10.3. The molecule has 0 N–H and O–H groups in total. The van der Waals surface area contributed by atoms with Crippen LogP contribution in [-0.4, -0.2) is 16.0 Å². The molecule has 0 atom stereocenters. The summed E-state index contributed by atoms with van der Waals surface area (Å²) < 4.78 is 1.79. The second-order valence-corrected chi connectivity index (χ2v) is 2.93. The average molecular weight is 167 g/mol. The van der Waals surface area contributed by atoms with E-state index in [1.165, 1.54) is 0 Å². The van der Waals surface area contributed by atoms with E-state index < -0.39 is 0 Å². The molecule has 58 valence electrons. The van der Waals surface area contributed by atoms with E-state index in [0.717, 1.165) is 10.6 Å². The Hall–Kier alpha value is -0.950. The van der Waals surface area contributed by atoms with Crippen molar-refractivity contribution in [3.8, 4) is 6.07 Å². The van der Waals surface area contributed by atoms with Crippen molar-refractivity contribution in [1.82, 2.24) is 9.78 Å². The number of nitriles is 1. The topological polar surface area (TPSA) is 41.6 Å². The zero-order chi connectivity index (χ0) is 8.27. The molecule has 1 aromatic rings. The highest BCUT2D eigenvalue weighted by molar-refractivity contribution is 7.98. The van der Waals surface area contributed by atoms with E-state index in [4.69, 9.17) is 5.26 Å². The monoisotopic (exact) mass is 167 g/mol. The molecule has 0 unspecified atom stereocenters. The number of aryl methyl sites for hydroxylation is 1. The van der Waals surface area contributed by atoms with Crippen LogP contribution in [0.3, 0.4) is 0 Å². The fraction of sp³-hybridized carbons (Fsp3) is 0.429. The smallest absolute Gasteiger partial charge is 0.0976 e. The zero-order valence-electron chi connectivity index (χ0n) is 6.53. The van der Waals surface area contributed by atoms with Crippen molar-refractivity contribution in [2.75, 3.05) is 6.26 Å². The van der Waals surface area contributed by atoms with Gasteiger partial charge in [-0.25, -0.2) is 0 Å². The predicted octanol–water partition coefficient (Wildman–Crippen LogP) is 1.21. The van der Waals surface area contributed by atoms with Crippen LogP contribution >= 0.6 is 11.8 Å². The van der Waals surface area contributed by atoms with Crippen LogP contribution in [-0.2, 0) is 13.5 Å². The molecular weight excluding hydrogens is 158 g/mol. The summed E-state index contributed by atoms with van der Waals surface area (Å²) in [6, 6.07) is 2.11. The van der Waals surface area contributed by atoms with Gasteiger partial charge in [0.25, 0.3) is 0 Å². The van der Waals surface area contributed by atoms with E-state index in [9.17, 15) is 0 Å². The van der Waals surface area contributed by atoms with Crippen molar-refractivity contribution in [2.45, 2.75) is 11.4 Å². The third-order valence-electron chi connectivity index (χ3n) is 1.42. The molecule has 0 bridgehead atoms. The molecule has 0 saturated carbocycles. The second-order valence-electron chi connectivity index (χ2n) is 2.14. The molecule has 0 aliphatic carbocycles. The molecule has 1 rings (SSSR count). The third kappa shape index (κ3) is 1.55. The first kappa shape index (κ1) is 8.15. The van der Waals surface area contributed by atoms with Crippen LogP contribution in [0.5, 0.6) is 0 Å². The third-order valence-corrected chi connectivity index (χ3v) is 2.33. The zero-order valence-corrected chi connectivity index (χ0v) is 7.35. The van der Waals surface area contributed by atoms with Gasteiger partial charge in [-0.05, 0) is 6.26 Å². The summed E-state index contributed by atoms with van der Waals surface area (Å²) >= 11 is 1.62. The Balaban J connectivity index is 2.97. The van der Waals surface area contributed by atoms with Gasteiger partial charge in [0.05, 0.1) is 23.7 Å². The SMILES string of the molecule is CSc1c(CC#N)cnn1C. The average Bonchev–Trinajstić information content (AvgIpc) is 2.33. The quantitative estimate of drug-likeness (QED) is 0.622. The minimum absolute atomic E-state index is 0.448. The molecule has 4 heteroatoms. The first-order valence-electron chi connectivity index (χ1n) is 3.21. The number of hydrogen-bond acceptors (Lipinski definition) is 3. The maximum atomic E-state index is 8.45. The van der Waals surface area contributed by atoms with Gasteiger partial charge in [-0.2, -0.15) is 10.4 Å². The van der Waals surface area contributed by atoms with Crippen LogP contribution in [0, 0.1) is 11.3 Å². The first-order valence-corrected chi connectivity index (χ1v) is 4.44. The van der Waals surface area contributed by atoms with Crippen molar-refractivity contribution in [1.29, 1.82) is 5.26 Å². The van der Waals surface area contributed by atoms with Gasteiger partial charge in [-0.15, -0.1) is 11.8 Å². The van der Waals surface area contributed by atoms with Crippen molar-refractivity contribution in [3.63, 3.8) is 0 Å². The van der Waals surface area contributed by atoms with E-state index in [2.05, 4.69) is 11.2 Å². The molecule has 0 aliphatic rings. The second kappa shape index (κ2) is 3.44. The predicted molar refractivity (Wildman–Crippen MR) is 44.3 cm³/mol. The van der Waals surface area contributed by atoms with Crippen molar-refractivity contribution in [2.24, 2.45) is 7.05 Å². The van der Waals surface area contributed by atoms with Crippen molar-refractivity contribution >= 4 is 11.8 Å². The Labute approximate surface area is 70.0 Å². The van der Waals surface area contributed by atoms with Crippen LogP contribution in [0.4, 0.5) is 0 Å². The van der Waals surface area contributed by atoms with Gasteiger partial charge in [-0.3, -0.25) is 4.68 Å². The van der Waals surface area contributed by atoms with Crippen LogP contribution in [0.25, 0.3) is 0 Å². The number of thioether (sulfide) groups is 1. The minimum atomic E-state index is 0.448. The standard InChI is InChI=1S/C7H9N3S/c1-10-7(11-2)6(3-4-8)5-9-10/h5H,3H2,1-2H3. The first-order chi connectivity index (χ1) is 5.29. The summed E-state index contributed by atoms with van der Waals surface area (Å²) in [6.07, 6.45) is 4.18. The maximum Gasteiger partial charge on any atom is 0.0976 e. The molecule has 0 aliphatic heterocycles. The highest BCUT2D eigenvalue weighted by atomic mass is 32.2. The molecule has 0 saturated heterocycles. The largest absolute Gasteiger partial charge is 0.262 e. The van der Waals surface area contributed by atoms with Gasteiger partial charge in [0.15, 0.2) is 0 Å². The molecular formula is C7H9N3S. The van der Waals surface area contributed by atoms with Crippen LogP contribution < -0.4 is 0 Å². The van der Waals surface area contributed by atoms with E-state index in [0.29, 0.717) is 6.42 Å². The number of hydrogen-bond donors (Lipinski definition) is 0. The van der Waals surface area contributed by atoms with E-state index in [1.807, 2.05) is 13.3 Å². The van der Waals surface area contributed by atoms with Crippen molar-refractivity contribution < 1.29 is 0 Å². The van der Waals surface area contributed by atoms with Gasteiger partial charge >= 0.3 is 0 Å². The molecule has 0 fully saturated rings. The number of nitrogens with zero attached hydrogens (tertiary/aromatic N) is 3. The summed E-state index contributed by atoms with van der Waals surface area (Å²) in [5.74, 6) is 0. The summed E-state index contributed by atoms with van der Waals surface area (Å²) in [5.41, 5.74) is 1.02. The Morgan fingerprint density at radius 2 is 2.55 bits per heavy atom. The summed E-state index contributed by atoms with van der Waals surface area (Å²) in [7, 11) is 1.88. The molecule has 11 heavy (non-hydrogen) atoms. The summed E-state index contributed by atoms with van der Waals surface area (Å²) in [4.78, 5) is 0. The highest BCUT2D eigenvalue weighted by Gasteiger charge is 2.05. The van der Waals surface area contributed by atoms with Gasteiger partial charge in [-0.1, -0.05) is 0 Å². The van der Waals surface area contributed by atoms with Gasteiger partial charge in [0.1, 0.15) is 0 Å². The Morgan fingerprint density at radius 3 is 3.09 bits per heavy atom. The van der Waals surface area contributed by atoms with Crippen molar-refractivity contribution in [3.05, 3.63) is 11.8 Å². The highest BCUT2D eigenvalue weighted by Crippen LogP contribution is 2.18. The van der Waals surface area contributed by atoms with E-state index in [-0.39, 0.29) is 0 Å². The van der Waals surface area contributed by atoms with E-state index >= 15 is 0 Å². The minimum Gasteiger partial charge on any atom is -0.262 e. The number of aromatic nitrogens is 2. The molecule has 0 spiro atoms. The van der Waals surface area contributed by atoms with E-state index in [1.54, 1.807) is 22.6 Å². The molecule has 0 aromatic carbocycles. The maximum absolute atomic E-state index is 8.45. The van der Waals surface area contributed by atoms with Gasteiger partial charge in [0, 0.05) is 12.6 Å². The molecule has 0 radical (unpaired) electrons. The van der Waals surface area contributed by atoms with Crippen LogP contribution in [0.1, 0.15) is 5.56 Å². The number of rotatable bonds is 2. The fourth-order valence-corrected chi connectivity index (χ4v) is 1.64. The lowest BCUT2D eigenvalue weighted by Crippen LogP contribution is -1.92. The lowest BCUT2D eigenvalue weighted by molar-refractivity contribution is 0.696. The van der Waals surface area contributed by atoms with Gasteiger partial charge in [0.2, 0.25) is 0 Å². The molecule has 3 nitrogen and oxygen atoms in total. The molecule has 1 heterocycles. The van der Waals surface area contributed by atoms with Crippen LogP contribution in [0.2, 0.25) is 0 Å². The Kier molecular flexibility index (Phi) is 2.55.